The number of hydrogen-bond donors (Lipinski definition) is 4. The van der Waals surface area contributed by atoms with E-state index < -0.39 is 11.9 Å². The first kappa shape index (κ1) is 22.7. The third-order valence-corrected chi connectivity index (χ3v) is 4.91. The third kappa shape index (κ3) is 6.01. The molecule has 0 atom stereocenters. The monoisotopic (exact) mass is 455 g/mol. The predicted molar refractivity (Wildman–Crippen MR) is 120 cm³/mol. The quantitative estimate of drug-likeness (QED) is 0.342. The van der Waals surface area contributed by atoms with Crippen molar-refractivity contribution >= 4 is 41.4 Å². The van der Waals surface area contributed by atoms with E-state index in [0.717, 1.165) is 0 Å². The normalized spacial score (nSPS) is 10.5. The van der Waals surface area contributed by atoms with Crippen LogP contribution in [-0.2, 0) is 9.59 Å². The third-order valence-electron chi connectivity index (χ3n) is 4.62. The van der Waals surface area contributed by atoms with E-state index in [4.69, 9.17) is 22.4 Å². The number of carboxylic acid groups (broad SMARTS) is 2. The van der Waals surface area contributed by atoms with E-state index in [0.29, 0.717) is 27.4 Å². The molecule has 32 heavy (non-hydrogen) atoms. The molecular weight excluding hydrogens is 434 g/mol. The molecule has 0 radical (unpaired) electrons. The van der Waals surface area contributed by atoms with Crippen LogP contribution in [0.4, 0.5) is 11.4 Å². The lowest BCUT2D eigenvalue weighted by atomic mass is 10.1. The second-order valence-electron chi connectivity index (χ2n) is 6.86. The number of nitrogens with zero attached hydrogens (tertiary/aromatic N) is 3. The molecular formula is C21H21N5O5S. The fourth-order valence-corrected chi connectivity index (χ4v) is 3.22. The second-order valence-corrected chi connectivity index (χ2v) is 7.24. The van der Waals surface area contributed by atoms with Crippen LogP contribution in [0.2, 0.25) is 0 Å². The van der Waals surface area contributed by atoms with Crippen molar-refractivity contribution in [2.24, 2.45) is 0 Å². The summed E-state index contributed by atoms with van der Waals surface area (Å²) < 4.78 is 2.05. The van der Waals surface area contributed by atoms with Crippen LogP contribution in [0.3, 0.4) is 0 Å². The van der Waals surface area contributed by atoms with E-state index in [2.05, 4.69) is 15.5 Å². The van der Waals surface area contributed by atoms with E-state index in [1.807, 2.05) is 0 Å². The smallest absolute Gasteiger partial charge is 0.305 e. The number of aliphatic carboxylic acids is 2. The zero-order valence-corrected chi connectivity index (χ0v) is 17.7. The van der Waals surface area contributed by atoms with Crippen molar-refractivity contribution < 1.29 is 24.6 Å². The molecule has 3 aromatic rings. The Balaban J connectivity index is 1.71. The van der Waals surface area contributed by atoms with Crippen LogP contribution in [0.5, 0.6) is 0 Å². The molecule has 10 nitrogen and oxygen atoms in total. The fraction of sp³-hybridized carbons (Fsp3) is 0.190. The Kier molecular flexibility index (Phi) is 7.34. The molecule has 0 bridgehead atoms. The van der Waals surface area contributed by atoms with Crippen molar-refractivity contribution in [2.75, 3.05) is 23.3 Å². The molecule has 0 saturated heterocycles. The Morgan fingerprint density at radius 2 is 1.69 bits per heavy atom. The minimum Gasteiger partial charge on any atom is -0.481 e. The molecule has 0 unspecified atom stereocenters. The Bertz CT molecular complexity index is 1150. The zero-order chi connectivity index (χ0) is 23.1. The molecule has 1 heterocycles. The first-order chi connectivity index (χ1) is 15.3. The van der Waals surface area contributed by atoms with Gasteiger partial charge in [0.2, 0.25) is 0 Å². The summed E-state index contributed by atoms with van der Waals surface area (Å²) in [7, 11) is 0. The molecule has 0 aliphatic rings. The molecule has 166 valence electrons. The van der Waals surface area contributed by atoms with Gasteiger partial charge in [0.05, 0.1) is 18.5 Å². The predicted octanol–water partition coefficient (Wildman–Crippen LogP) is 2.94. The van der Waals surface area contributed by atoms with E-state index in [9.17, 15) is 14.4 Å². The van der Waals surface area contributed by atoms with Gasteiger partial charge in [0, 0.05) is 30.0 Å². The summed E-state index contributed by atoms with van der Waals surface area (Å²) in [6, 6.07) is 13.7. The van der Waals surface area contributed by atoms with E-state index in [1.165, 1.54) is 6.33 Å². The van der Waals surface area contributed by atoms with Crippen LogP contribution in [0, 0.1) is 4.77 Å². The minimum atomic E-state index is -0.965. The van der Waals surface area contributed by atoms with Gasteiger partial charge in [-0.3, -0.25) is 24.0 Å². The number of anilines is 2. The van der Waals surface area contributed by atoms with Crippen molar-refractivity contribution in [3.63, 3.8) is 0 Å². The molecule has 0 aliphatic carbocycles. The van der Waals surface area contributed by atoms with E-state index >= 15 is 0 Å². The first-order valence-electron chi connectivity index (χ1n) is 9.66. The zero-order valence-electron chi connectivity index (χ0n) is 16.9. The largest absolute Gasteiger partial charge is 0.481 e. The Morgan fingerprint density at radius 1 is 1.03 bits per heavy atom. The van der Waals surface area contributed by atoms with Gasteiger partial charge in [0.25, 0.3) is 5.91 Å². The van der Waals surface area contributed by atoms with Gasteiger partial charge in [-0.05, 0) is 54.7 Å². The molecule has 2 aromatic carbocycles. The number of H-pyrrole nitrogens is 1. The molecule has 1 aromatic heterocycles. The molecule has 0 saturated carbocycles. The lowest BCUT2D eigenvalue weighted by Gasteiger charge is -2.23. The Labute approximate surface area is 188 Å². The Hall–Kier alpha value is -3.99. The van der Waals surface area contributed by atoms with Crippen molar-refractivity contribution in [3.05, 3.63) is 65.2 Å². The van der Waals surface area contributed by atoms with Crippen molar-refractivity contribution in [1.82, 2.24) is 14.8 Å². The highest BCUT2D eigenvalue weighted by molar-refractivity contribution is 7.71. The molecule has 0 fully saturated rings. The summed E-state index contributed by atoms with van der Waals surface area (Å²) in [6.45, 7) is 0.356. The van der Waals surface area contributed by atoms with E-state index in [1.54, 1.807) is 58.0 Å². The topological polar surface area (TPSA) is 141 Å². The lowest BCUT2D eigenvalue weighted by Crippen LogP contribution is -2.28. The van der Waals surface area contributed by atoms with Gasteiger partial charge in [0.1, 0.15) is 6.33 Å². The molecule has 11 heteroatoms. The van der Waals surface area contributed by atoms with Crippen molar-refractivity contribution in [3.8, 4) is 5.69 Å². The maximum absolute atomic E-state index is 12.7. The van der Waals surface area contributed by atoms with Crippen LogP contribution < -0.4 is 10.2 Å². The molecule has 4 N–H and O–H groups in total. The average Bonchev–Trinajstić information content (AvgIpc) is 3.20. The highest BCUT2D eigenvalue weighted by atomic mass is 32.1. The number of nitrogens with one attached hydrogen (secondary N) is 2. The summed E-state index contributed by atoms with van der Waals surface area (Å²) in [4.78, 5) is 36.2. The van der Waals surface area contributed by atoms with Gasteiger partial charge in [-0.15, -0.1) is 0 Å². The van der Waals surface area contributed by atoms with Gasteiger partial charge >= 0.3 is 11.9 Å². The standard InChI is InChI=1S/C21H21N5O5S/c27-18(28)8-10-25(11-9-19(29)30)16-6-4-15(5-7-16)23-20(31)14-2-1-3-17(12-14)26-13-22-24-21(26)32/h1-7,12-13H,8-11H2,(H,23,31)(H,24,32)(H,27,28)(H,29,30). The maximum Gasteiger partial charge on any atom is 0.305 e. The number of amides is 1. The SMILES string of the molecule is O=C(O)CCN(CCC(=O)O)c1ccc(NC(=O)c2cccc(-n3cn[nH]c3=S)c2)cc1. The van der Waals surface area contributed by atoms with Crippen molar-refractivity contribution in [1.29, 1.82) is 0 Å². The van der Waals surface area contributed by atoms with Crippen molar-refractivity contribution in [2.45, 2.75) is 12.8 Å². The van der Waals surface area contributed by atoms with Crippen LogP contribution in [0.25, 0.3) is 5.69 Å². The van der Waals surface area contributed by atoms with Crippen LogP contribution in [0.15, 0.2) is 54.9 Å². The molecule has 3 rings (SSSR count). The minimum absolute atomic E-state index is 0.116. The summed E-state index contributed by atoms with van der Waals surface area (Å²) in [5, 5.41) is 27.2. The highest BCUT2D eigenvalue weighted by Gasteiger charge is 2.12. The lowest BCUT2D eigenvalue weighted by molar-refractivity contribution is -0.137. The van der Waals surface area contributed by atoms with Gasteiger partial charge in [-0.25, -0.2) is 0 Å². The van der Waals surface area contributed by atoms with Crippen LogP contribution in [-0.4, -0.2) is 55.9 Å². The van der Waals surface area contributed by atoms with Gasteiger partial charge < -0.3 is 20.4 Å². The van der Waals surface area contributed by atoms with Gasteiger partial charge in [-0.1, -0.05) is 6.07 Å². The number of aromatic nitrogens is 3. The maximum atomic E-state index is 12.7. The summed E-state index contributed by atoms with van der Waals surface area (Å²) >= 11 is 5.16. The van der Waals surface area contributed by atoms with Gasteiger partial charge in [-0.2, -0.15) is 5.10 Å². The number of aromatic amines is 1. The summed E-state index contributed by atoms with van der Waals surface area (Å²) in [5.74, 6) is -2.25. The molecule has 0 aliphatic heterocycles. The number of benzene rings is 2. The second kappa shape index (κ2) is 10.4. The fourth-order valence-electron chi connectivity index (χ4n) is 3.02. The molecule has 1 amide bonds. The van der Waals surface area contributed by atoms with Crippen LogP contribution in [0.1, 0.15) is 23.2 Å². The summed E-state index contributed by atoms with van der Waals surface area (Å²) in [6.07, 6.45) is 1.29. The highest BCUT2D eigenvalue weighted by Crippen LogP contribution is 2.20. The number of rotatable bonds is 10. The van der Waals surface area contributed by atoms with Gasteiger partial charge in [0.15, 0.2) is 4.77 Å². The van der Waals surface area contributed by atoms with Crippen LogP contribution >= 0.6 is 12.2 Å². The summed E-state index contributed by atoms with van der Waals surface area (Å²) in [5.41, 5.74) is 2.33. The van der Waals surface area contributed by atoms with E-state index in [-0.39, 0.29) is 31.8 Å². The Morgan fingerprint density at radius 3 is 2.25 bits per heavy atom. The molecule has 0 spiro atoms. The first-order valence-corrected chi connectivity index (χ1v) is 10.1. The number of carboxylic acids is 2. The average molecular weight is 455 g/mol. The number of carbonyl (C=O) groups is 3. The number of hydrogen-bond acceptors (Lipinski definition) is 6. The number of carbonyl (C=O) groups excluding carboxylic acids is 1.